The molecule has 25 heavy (non-hydrogen) atoms. The molecule has 1 N–H and O–H groups in total. The number of anilines is 1. The number of hydrogen-bond acceptors (Lipinski definition) is 3. The lowest BCUT2D eigenvalue weighted by Gasteiger charge is -2.17. The van der Waals surface area contributed by atoms with Gasteiger partial charge in [-0.05, 0) is 56.4 Å². The summed E-state index contributed by atoms with van der Waals surface area (Å²) in [4.78, 5) is 12.3. The fraction of sp³-hybridized carbons (Fsp3) is 0.450. The van der Waals surface area contributed by atoms with E-state index >= 15 is 0 Å². The van der Waals surface area contributed by atoms with E-state index in [1.807, 2.05) is 24.3 Å². The number of carbonyl (C=O) groups is 1. The van der Waals surface area contributed by atoms with Crippen LogP contribution in [0, 0.1) is 5.92 Å². The number of hydrogen-bond donors (Lipinski definition) is 1. The predicted molar refractivity (Wildman–Crippen MR) is 98.1 cm³/mol. The Morgan fingerprint density at radius 2 is 1.96 bits per heavy atom. The summed E-state index contributed by atoms with van der Waals surface area (Å²) in [7, 11) is 0. The predicted octanol–water partition coefficient (Wildman–Crippen LogP) is 3.97. The lowest BCUT2D eigenvalue weighted by Crippen LogP contribution is -2.23. The van der Waals surface area contributed by atoms with Gasteiger partial charge in [-0.2, -0.15) is 0 Å². The molecule has 2 aliphatic rings. The normalized spacial score (nSPS) is 19.9. The summed E-state index contributed by atoms with van der Waals surface area (Å²) in [5, 5.41) is 11.8. The Balaban J connectivity index is 1.48. The van der Waals surface area contributed by atoms with Crippen LogP contribution < -0.4 is 5.32 Å². The number of amides is 1. The fourth-order valence-electron chi connectivity index (χ4n) is 3.68. The molecule has 0 radical (unpaired) electrons. The van der Waals surface area contributed by atoms with E-state index in [0.717, 1.165) is 55.1 Å². The van der Waals surface area contributed by atoms with Gasteiger partial charge in [-0.25, -0.2) is 0 Å². The van der Waals surface area contributed by atoms with Crippen LogP contribution in [0.2, 0.25) is 0 Å². The van der Waals surface area contributed by atoms with Crippen LogP contribution in [0.3, 0.4) is 0 Å². The van der Waals surface area contributed by atoms with Gasteiger partial charge in [-0.15, -0.1) is 10.2 Å². The molecule has 1 aliphatic heterocycles. The number of fused-ring (bicyclic) bond motifs is 1. The topological polar surface area (TPSA) is 59.8 Å². The zero-order valence-electron chi connectivity index (χ0n) is 14.4. The van der Waals surface area contributed by atoms with Crippen molar-refractivity contribution in [2.75, 3.05) is 5.32 Å². The quantitative estimate of drug-likeness (QED) is 0.863. The van der Waals surface area contributed by atoms with E-state index in [2.05, 4.69) is 32.2 Å². The average molecular weight is 336 g/mol. The Hall–Kier alpha value is -2.43. The second-order valence-electron chi connectivity index (χ2n) is 6.95. The van der Waals surface area contributed by atoms with Crippen LogP contribution in [0.1, 0.15) is 44.3 Å². The average Bonchev–Trinajstić information content (AvgIpc) is 2.91. The molecule has 4 rings (SSSR count). The standard InChI is InChI=1S/C20H24N4O/c25-20(16-7-3-1-4-8-16)21-17-12-10-15(11-13-17)19-23-22-18-9-5-2-6-14-24(18)19/h1,3,10-13,16H,2,4-9,14H2,(H,21,25)/t16-/m0/s1. The van der Waals surface area contributed by atoms with Gasteiger partial charge in [0.1, 0.15) is 5.82 Å². The highest BCUT2D eigenvalue weighted by atomic mass is 16.1. The molecule has 1 atom stereocenters. The molecule has 2 aromatic rings. The molecular weight excluding hydrogens is 312 g/mol. The number of nitrogens with zero attached hydrogens (tertiary/aromatic N) is 3. The van der Waals surface area contributed by atoms with Crippen molar-refractivity contribution in [3.8, 4) is 11.4 Å². The van der Waals surface area contributed by atoms with E-state index in [4.69, 9.17) is 0 Å². The lowest BCUT2D eigenvalue weighted by molar-refractivity contribution is -0.120. The summed E-state index contributed by atoms with van der Waals surface area (Å²) < 4.78 is 2.24. The van der Waals surface area contributed by atoms with Crippen molar-refractivity contribution in [2.45, 2.75) is 51.5 Å². The molecule has 1 aromatic carbocycles. The Bertz CT molecular complexity index is 775. The van der Waals surface area contributed by atoms with Gasteiger partial charge in [0.15, 0.2) is 5.82 Å². The van der Waals surface area contributed by atoms with Gasteiger partial charge in [-0.3, -0.25) is 4.79 Å². The minimum absolute atomic E-state index is 0.0944. The first kappa shape index (κ1) is 16.1. The van der Waals surface area contributed by atoms with E-state index in [9.17, 15) is 4.79 Å². The number of aromatic nitrogens is 3. The number of benzene rings is 1. The van der Waals surface area contributed by atoms with Crippen LogP contribution in [0.25, 0.3) is 11.4 Å². The van der Waals surface area contributed by atoms with Gasteiger partial charge in [0.25, 0.3) is 0 Å². The molecular formula is C20H24N4O. The van der Waals surface area contributed by atoms with Gasteiger partial charge in [-0.1, -0.05) is 18.6 Å². The minimum Gasteiger partial charge on any atom is -0.326 e. The maximum absolute atomic E-state index is 12.3. The second-order valence-corrected chi connectivity index (χ2v) is 6.95. The van der Waals surface area contributed by atoms with Crippen molar-refractivity contribution >= 4 is 11.6 Å². The fourth-order valence-corrected chi connectivity index (χ4v) is 3.68. The van der Waals surface area contributed by atoms with Crippen molar-refractivity contribution < 1.29 is 4.79 Å². The summed E-state index contributed by atoms with van der Waals surface area (Å²) in [6.45, 7) is 0.991. The summed E-state index contributed by atoms with van der Waals surface area (Å²) >= 11 is 0. The minimum atomic E-state index is 0.0944. The zero-order valence-corrected chi connectivity index (χ0v) is 14.4. The molecule has 0 saturated heterocycles. The third kappa shape index (κ3) is 3.50. The molecule has 1 aromatic heterocycles. The van der Waals surface area contributed by atoms with Crippen LogP contribution in [0.5, 0.6) is 0 Å². The summed E-state index contributed by atoms with van der Waals surface area (Å²) in [6, 6.07) is 7.98. The highest BCUT2D eigenvalue weighted by Crippen LogP contribution is 2.25. The number of carbonyl (C=O) groups excluding carboxylic acids is 1. The summed E-state index contributed by atoms with van der Waals surface area (Å²) in [5.74, 6) is 2.24. The van der Waals surface area contributed by atoms with Gasteiger partial charge in [0.2, 0.25) is 5.91 Å². The summed E-state index contributed by atoms with van der Waals surface area (Å²) in [5.41, 5.74) is 1.90. The van der Waals surface area contributed by atoms with E-state index in [-0.39, 0.29) is 11.8 Å². The van der Waals surface area contributed by atoms with Gasteiger partial charge < -0.3 is 9.88 Å². The van der Waals surface area contributed by atoms with Crippen LogP contribution in [-0.2, 0) is 17.8 Å². The maximum atomic E-state index is 12.3. The summed E-state index contributed by atoms with van der Waals surface area (Å²) in [6.07, 6.45) is 11.7. The van der Waals surface area contributed by atoms with Crippen LogP contribution in [-0.4, -0.2) is 20.7 Å². The first-order chi connectivity index (χ1) is 12.3. The molecule has 5 heteroatoms. The van der Waals surface area contributed by atoms with Crippen LogP contribution in [0.4, 0.5) is 5.69 Å². The SMILES string of the molecule is O=C(Nc1ccc(-c2nnc3n2CCCCC3)cc1)[C@H]1CC=CCC1. The largest absolute Gasteiger partial charge is 0.326 e. The van der Waals surface area contributed by atoms with Gasteiger partial charge >= 0.3 is 0 Å². The van der Waals surface area contributed by atoms with E-state index in [0.29, 0.717) is 0 Å². The first-order valence-corrected chi connectivity index (χ1v) is 9.29. The Morgan fingerprint density at radius 3 is 2.76 bits per heavy atom. The van der Waals surface area contributed by atoms with Crippen molar-refractivity contribution in [3.05, 3.63) is 42.2 Å². The van der Waals surface area contributed by atoms with Crippen LogP contribution in [0.15, 0.2) is 36.4 Å². The Labute approximate surface area is 148 Å². The monoisotopic (exact) mass is 336 g/mol. The van der Waals surface area contributed by atoms with Crippen LogP contribution >= 0.6 is 0 Å². The van der Waals surface area contributed by atoms with E-state index in [1.54, 1.807) is 0 Å². The highest BCUT2D eigenvalue weighted by Gasteiger charge is 2.19. The van der Waals surface area contributed by atoms with Crippen molar-refractivity contribution in [1.82, 2.24) is 14.8 Å². The maximum Gasteiger partial charge on any atom is 0.227 e. The van der Waals surface area contributed by atoms with Gasteiger partial charge in [0.05, 0.1) is 0 Å². The second kappa shape index (κ2) is 7.21. The third-order valence-electron chi connectivity index (χ3n) is 5.16. The molecule has 5 nitrogen and oxygen atoms in total. The molecule has 0 saturated carbocycles. The van der Waals surface area contributed by atoms with Crippen molar-refractivity contribution in [3.63, 3.8) is 0 Å². The molecule has 0 spiro atoms. The zero-order chi connectivity index (χ0) is 17.1. The molecule has 2 heterocycles. The van der Waals surface area contributed by atoms with Crippen molar-refractivity contribution in [1.29, 1.82) is 0 Å². The molecule has 1 aliphatic carbocycles. The number of nitrogens with one attached hydrogen (secondary N) is 1. The highest BCUT2D eigenvalue weighted by molar-refractivity contribution is 5.92. The lowest BCUT2D eigenvalue weighted by atomic mass is 9.93. The third-order valence-corrected chi connectivity index (χ3v) is 5.16. The van der Waals surface area contributed by atoms with Crippen molar-refractivity contribution in [2.24, 2.45) is 5.92 Å². The van der Waals surface area contributed by atoms with E-state index < -0.39 is 0 Å². The molecule has 130 valence electrons. The molecule has 0 fully saturated rings. The molecule has 1 amide bonds. The number of aryl methyl sites for hydroxylation is 1. The number of allylic oxidation sites excluding steroid dienone is 2. The Kier molecular flexibility index (Phi) is 4.63. The first-order valence-electron chi connectivity index (χ1n) is 9.29. The smallest absolute Gasteiger partial charge is 0.227 e. The van der Waals surface area contributed by atoms with E-state index in [1.165, 1.54) is 19.3 Å². The van der Waals surface area contributed by atoms with Gasteiger partial charge in [0, 0.05) is 30.1 Å². The number of rotatable bonds is 3. The molecule has 0 bridgehead atoms. The Morgan fingerprint density at radius 1 is 1.08 bits per heavy atom. The molecule has 0 unspecified atom stereocenters.